The van der Waals surface area contributed by atoms with Crippen LogP contribution in [0, 0.1) is 17.8 Å². The first-order chi connectivity index (χ1) is 29.1. The van der Waals surface area contributed by atoms with Gasteiger partial charge in [0, 0.05) is 19.3 Å². The van der Waals surface area contributed by atoms with Crippen molar-refractivity contribution >= 4 is 17.9 Å². The maximum atomic E-state index is 12.8. The molecule has 0 aromatic rings. The lowest BCUT2D eigenvalue weighted by Gasteiger charge is -2.18. The van der Waals surface area contributed by atoms with E-state index in [0.717, 1.165) is 75.5 Å². The van der Waals surface area contributed by atoms with Crippen LogP contribution in [0.25, 0.3) is 0 Å². The Hall–Kier alpha value is -1.59. The van der Waals surface area contributed by atoms with Crippen molar-refractivity contribution in [2.45, 2.75) is 298 Å². The molecule has 0 spiro atoms. The zero-order chi connectivity index (χ0) is 44.2. The summed E-state index contributed by atoms with van der Waals surface area (Å²) in [6.07, 6.45) is 45.3. The maximum absolute atomic E-state index is 12.8. The number of rotatable bonds is 47. The molecular formula is C54H104O6. The van der Waals surface area contributed by atoms with Crippen molar-refractivity contribution in [2.24, 2.45) is 17.8 Å². The minimum Gasteiger partial charge on any atom is -0.462 e. The van der Waals surface area contributed by atoms with E-state index in [9.17, 15) is 14.4 Å². The zero-order valence-electron chi connectivity index (χ0n) is 41.3. The standard InChI is InChI=1S/C54H104O6/c1-7-50(6)42-36-30-26-27-32-38-44-53(56)59-47-51(60-54(57)45-39-33-25-21-17-16-19-23-29-35-41-49(4)5)46-58-52(55)43-37-31-24-20-15-13-11-9-8-10-12-14-18-22-28-34-40-48(2)3/h48-51H,7-47H2,1-6H3/t50?,51-/m1/s1. The molecule has 0 aromatic heterocycles. The first-order valence-electron chi connectivity index (χ1n) is 26.6. The second kappa shape index (κ2) is 45.4. The Morgan fingerprint density at radius 3 is 0.867 bits per heavy atom. The predicted molar refractivity (Wildman–Crippen MR) is 256 cm³/mol. The molecule has 0 aliphatic rings. The van der Waals surface area contributed by atoms with Crippen LogP contribution >= 0.6 is 0 Å². The summed E-state index contributed by atoms with van der Waals surface area (Å²) in [5.74, 6) is 1.63. The normalized spacial score (nSPS) is 12.6. The van der Waals surface area contributed by atoms with Crippen LogP contribution in [-0.2, 0) is 28.6 Å². The summed E-state index contributed by atoms with van der Waals surface area (Å²) in [5.41, 5.74) is 0. The molecular weight excluding hydrogens is 745 g/mol. The average molecular weight is 849 g/mol. The first-order valence-corrected chi connectivity index (χ1v) is 26.6. The highest BCUT2D eigenvalue weighted by atomic mass is 16.6. The molecule has 0 amide bonds. The van der Waals surface area contributed by atoms with E-state index < -0.39 is 6.10 Å². The Bertz CT molecular complexity index is 931. The molecule has 0 aromatic carbocycles. The van der Waals surface area contributed by atoms with Gasteiger partial charge in [0.15, 0.2) is 6.10 Å². The van der Waals surface area contributed by atoms with Gasteiger partial charge in [-0.1, -0.05) is 253 Å². The highest BCUT2D eigenvalue weighted by Gasteiger charge is 2.19. The van der Waals surface area contributed by atoms with E-state index in [-0.39, 0.29) is 31.1 Å². The number of ether oxygens (including phenoxy) is 3. The lowest BCUT2D eigenvalue weighted by atomic mass is 10.00. The minimum atomic E-state index is -0.763. The number of esters is 3. The number of hydrogen-bond donors (Lipinski definition) is 0. The highest BCUT2D eigenvalue weighted by Crippen LogP contribution is 2.18. The highest BCUT2D eigenvalue weighted by molar-refractivity contribution is 5.71. The summed E-state index contributed by atoms with van der Waals surface area (Å²) in [6, 6.07) is 0. The predicted octanol–water partition coefficient (Wildman–Crippen LogP) is 17.2. The number of carbonyl (C=O) groups excluding carboxylic acids is 3. The molecule has 0 N–H and O–H groups in total. The Morgan fingerprint density at radius 1 is 0.333 bits per heavy atom. The van der Waals surface area contributed by atoms with Gasteiger partial charge < -0.3 is 14.2 Å². The molecule has 0 radical (unpaired) electrons. The van der Waals surface area contributed by atoms with E-state index in [4.69, 9.17) is 14.2 Å². The molecule has 60 heavy (non-hydrogen) atoms. The molecule has 2 atom stereocenters. The van der Waals surface area contributed by atoms with Crippen LogP contribution in [0.15, 0.2) is 0 Å². The Kier molecular flexibility index (Phi) is 44.2. The summed E-state index contributed by atoms with van der Waals surface area (Å²) in [5, 5.41) is 0. The topological polar surface area (TPSA) is 78.9 Å². The molecule has 0 aliphatic heterocycles. The van der Waals surface area contributed by atoms with Crippen LogP contribution in [-0.4, -0.2) is 37.2 Å². The second-order valence-electron chi connectivity index (χ2n) is 19.7. The molecule has 0 fully saturated rings. The van der Waals surface area contributed by atoms with Crippen molar-refractivity contribution < 1.29 is 28.6 Å². The van der Waals surface area contributed by atoms with Crippen LogP contribution in [0.2, 0.25) is 0 Å². The summed E-state index contributed by atoms with van der Waals surface area (Å²) in [6.45, 7) is 13.7. The fraction of sp³-hybridized carbons (Fsp3) is 0.944. The number of hydrogen-bond acceptors (Lipinski definition) is 6. The van der Waals surface area contributed by atoms with E-state index in [2.05, 4.69) is 41.5 Å². The monoisotopic (exact) mass is 849 g/mol. The fourth-order valence-electron chi connectivity index (χ4n) is 8.08. The zero-order valence-corrected chi connectivity index (χ0v) is 41.3. The maximum Gasteiger partial charge on any atom is 0.306 e. The Labute approximate surface area is 374 Å². The third-order valence-corrected chi connectivity index (χ3v) is 12.5. The molecule has 0 aliphatic carbocycles. The molecule has 6 heteroatoms. The van der Waals surface area contributed by atoms with E-state index >= 15 is 0 Å². The van der Waals surface area contributed by atoms with Crippen LogP contribution in [0.4, 0.5) is 0 Å². The average Bonchev–Trinajstić information content (AvgIpc) is 3.22. The summed E-state index contributed by atoms with van der Waals surface area (Å²) in [4.78, 5) is 37.9. The number of unbranched alkanes of at least 4 members (excludes halogenated alkanes) is 29. The number of carbonyl (C=O) groups is 3. The van der Waals surface area contributed by atoms with Gasteiger partial charge in [0.25, 0.3) is 0 Å². The van der Waals surface area contributed by atoms with Gasteiger partial charge in [-0.2, -0.15) is 0 Å². The van der Waals surface area contributed by atoms with Crippen molar-refractivity contribution in [3.63, 3.8) is 0 Å². The van der Waals surface area contributed by atoms with Gasteiger partial charge in [0.05, 0.1) is 0 Å². The van der Waals surface area contributed by atoms with Gasteiger partial charge in [-0.05, 0) is 37.0 Å². The third-order valence-electron chi connectivity index (χ3n) is 12.5. The van der Waals surface area contributed by atoms with Crippen LogP contribution in [0.3, 0.4) is 0 Å². The van der Waals surface area contributed by atoms with Crippen LogP contribution in [0.1, 0.15) is 292 Å². The molecule has 0 rings (SSSR count). The van der Waals surface area contributed by atoms with Crippen LogP contribution in [0.5, 0.6) is 0 Å². The van der Waals surface area contributed by atoms with Crippen molar-refractivity contribution in [3.8, 4) is 0 Å². The van der Waals surface area contributed by atoms with E-state index in [1.165, 1.54) is 173 Å². The molecule has 356 valence electrons. The largest absolute Gasteiger partial charge is 0.462 e. The summed E-state index contributed by atoms with van der Waals surface area (Å²) < 4.78 is 16.8. The second-order valence-corrected chi connectivity index (χ2v) is 19.7. The Morgan fingerprint density at radius 2 is 0.583 bits per heavy atom. The molecule has 1 unspecified atom stereocenters. The first kappa shape index (κ1) is 58.4. The van der Waals surface area contributed by atoms with Gasteiger partial charge in [-0.25, -0.2) is 0 Å². The van der Waals surface area contributed by atoms with Gasteiger partial charge in [-0.15, -0.1) is 0 Å². The molecule has 0 saturated heterocycles. The van der Waals surface area contributed by atoms with Crippen molar-refractivity contribution in [3.05, 3.63) is 0 Å². The lowest BCUT2D eigenvalue weighted by Crippen LogP contribution is -2.30. The summed E-state index contributed by atoms with van der Waals surface area (Å²) >= 11 is 0. The smallest absolute Gasteiger partial charge is 0.306 e. The summed E-state index contributed by atoms with van der Waals surface area (Å²) in [7, 11) is 0. The molecule has 0 heterocycles. The fourth-order valence-corrected chi connectivity index (χ4v) is 8.08. The quantitative estimate of drug-likeness (QED) is 0.0345. The van der Waals surface area contributed by atoms with Gasteiger partial charge >= 0.3 is 17.9 Å². The van der Waals surface area contributed by atoms with Crippen LogP contribution < -0.4 is 0 Å². The van der Waals surface area contributed by atoms with Crippen molar-refractivity contribution in [1.82, 2.24) is 0 Å². The Balaban J connectivity index is 4.25. The lowest BCUT2D eigenvalue weighted by molar-refractivity contribution is -0.167. The van der Waals surface area contributed by atoms with Crippen molar-refractivity contribution in [1.29, 1.82) is 0 Å². The molecule has 6 nitrogen and oxygen atoms in total. The SMILES string of the molecule is CCC(C)CCCCCCCCC(=O)OC[C@@H](COC(=O)CCCCCCCCCCCCCCCCCCC(C)C)OC(=O)CCCCCCCCCCCCC(C)C. The van der Waals surface area contributed by atoms with Gasteiger partial charge in [-0.3, -0.25) is 14.4 Å². The van der Waals surface area contributed by atoms with E-state index in [1.807, 2.05) is 0 Å². The third kappa shape index (κ3) is 45.9. The van der Waals surface area contributed by atoms with Gasteiger partial charge in [0.1, 0.15) is 13.2 Å². The molecule has 0 bridgehead atoms. The van der Waals surface area contributed by atoms with E-state index in [1.54, 1.807) is 0 Å². The minimum absolute atomic E-state index is 0.0651. The van der Waals surface area contributed by atoms with E-state index in [0.29, 0.717) is 19.3 Å². The van der Waals surface area contributed by atoms with Crippen molar-refractivity contribution in [2.75, 3.05) is 13.2 Å². The molecule has 0 saturated carbocycles. The van der Waals surface area contributed by atoms with Gasteiger partial charge in [0.2, 0.25) is 0 Å².